The van der Waals surface area contributed by atoms with E-state index in [9.17, 15) is 22.8 Å². The van der Waals surface area contributed by atoms with Crippen LogP contribution in [0.2, 0.25) is 0 Å². The Kier molecular flexibility index (Phi) is 9.07. The van der Waals surface area contributed by atoms with Crippen molar-refractivity contribution in [2.24, 2.45) is 0 Å². The average molecular weight is 562 g/mol. The molecule has 2 amide bonds. The van der Waals surface area contributed by atoms with Crippen LogP contribution in [0.1, 0.15) is 59.3 Å². The molecule has 0 spiro atoms. The second-order valence-corrected chi connectivity index (χ2v) is 10.2. The second kappa shape index (κ2) is 12.6. The summed E-state index contributed by atoms with van der Waals surface area (Å²) in [5.74, 6) is -0.791. The number of alkyl halides is 3. The molecular weight excluding hydrogens is 539 g/mol. The van der Waals surface area contributed by atoms with E-state index in [1.165, 1.54) is 11.3 Å². The lowest BCUT2D eigenvalue weighted by Gasteiger charge is -2.08. The number of carbonyl (C=O) groups excluding carboxylic acids is 2. The highest BCUT2D eigenvalue weighted by Crippen LogP contribution is 2.29. The van der Waals surface area contributed by atoms with Gasteiger partial charge in [-0.1, -0.05) is 53.0 Å². The lowest BCUT2D eigenvalue weighted by molar-refractivity contribution is -0.137. The van der Waals surface area contributed by atoms with Gasteiger partial charge in [-0.05, 0) is 30.5 Å². The van der Waals surface area contributed by atoms with Gasteiger partial charge in [0.05, 0.1) is 17.8 Å². The topological polar surface area (TPSA) is 123 Å². The number of aromatic nitrogens is 5. The van der Waals surface area contributed by atoms with Gasteiger partial charge in [-0.25, -0.2) is 0 Å². The molecule has 38 heavy (non-hydrogen) atoms. The molecule has 0 saturated carbocycles. The maximum absolute atomic E-state index is 12.8. The minimum absolute atomic E-state index is 0.0893. The van der Waals surface area contributed by atoms with E-state index in [1.807, 2.05) is 30.3 Å². The summed E-state index contributed by atoms with van der Waals surface area (Å²) in [5.41, 5.74) is 0.257. The average Bonchev–Trinajstić information content (AvgIpc) is 3.59. The van der Waals surface area contributed by atoms with Crippen LogP contribution in [0.15, 0.2) is 48.7 Å². The molecule has 4 rings (SSSR count). The molecule has 0 radical (unpaired) electrons. The van der Waals surface area contributed by atoms with Crippen molar-refractivity contribution in [1.29, 1.82) is 0 Å². The fraction of sp³-hybridized carbons (Fsp3) is 0.292. The van der Waals surface area contributed by atoms with Gasteiger partial charge in [0.2, 0.25) is 10.0 Å². The molecule has 9 nitrogen and oxygen atoms in total. The highest BCUT2D eigenvalue weighted by Gasteiger charge is 2.30. The van der Waals surface area contributed by atoms with E-state index in [-0.39, 0.29) is 23.2 Å². The quantitative estimate of drug-likeness (QED) is 0.263. The van der Waals surface area contributed by atoms with Crippen LogP contribution in [-0.2, 0) is 32.1 Å². The molecule has 3 heterocycles. The number of benzene rings is 1. The van der Waals surface area contributed by atoms with Crippen molar-refractivity contribution in [3.8, 4) is 0 Å². The van der Waals surface area contributed by atoms with Crippen molar-refractivity contribution in [2.45, 2.75) is 44.9 Å². The number of unbranched alkanes of at least 4 members (excludes halogenated alkanes) is 1. The summed E-state index contributed by atoms with van der Waals surface area (Å²) in [6, 6.07) is 11.3. The first-order valence-electron chi connectivity index (χ1n) is 11.5. The molecule has 0 aliphatic carbocycles. The number of hydrogen-bond donors (Lipinski definition) is 2. The first kappa shape index (κ1) is 27.3. The van der Waals surface area contributed by atoms with Crippen molar-refractivity contribution in [3.63, 3.8) is 0 Å². The van der Waals surface area contributed by atoms with Crippen molar-refractivity contribution in [3.05, 3.63) is 85.5 Å². The Bertz CT molecular complexity index is 1380. The molecule has 0 unspecified atom stereocenters. The first-order valence-corrected chi connectivity index (χ1v) is 13.2. The summed E-state index contributed by atoms with van der Waals surface area (Å²) in [6.07, 6.45) is -0.632. The first-order chi connectivity index (χ1) is 18.3. The smallest absolute Gasteiger partial charge is 0.346 e. The van der Waals surface area contributed by atoms with E-state index >= 15 is 0 Å². The lowest BCUT2D eigenvalue weighted by Crippen LogP contribution is -2.23. The van der Waals surface area contributed by atoms with Crippen LogP contribution in [0.4, 0.5) is 13.2 Å². The van der Waals surface area contributed by atoms with Gasteiger partial charge in [-0.15, -0.1) is 20.4 Å². The zero-order valence-electron chi connectivity index (χ0n) is 19.9. The highest BCUT2D eigenvalue weighted by atomic mass is 32.1. The Morgan fingerprint density at radius 1 is 0.789 bits per heavy atom. The van der Waals surface area contributed by atoms with Crippen molar-refractivity contribution in [2.75, 3.05) is 0 Å². The third-order valence-electron chi connectivity index (χ3n) is 5.22. The summed E-state index contributed by atoms with van der Waals surface area (Å²) in [4.78, 5) is 28.5. The number of rotatable bonds is 11. The van der Waals surface area contributed by atoms with Crippen LogP contribution in [0.5, 0.6) is 0 Å². The van der Waals surface area contributed by atoms with Crippen LogP contribution >= 0.6 is 22.7 Å². The summed E-state index contributed by atoms with van der Waals surface area (Å²) < 4.78 is 38.5. The van der Waals surface area contributed by atoms with E-state index < -0.39 is 17.6 Å². The second-order valence-electron chi connectivity index (χ2n) is 8.09. The van der Waals surface area contributed by atoms with Gasteiger partial charge in [0.25, 0.3) is 11.8 Å². The molecule has 1 aromatic carbocycles. The van der Waals surface area contributed by atoms with E-state index in [4.69, 9.17) is 0 Å². The van der Waals surface area contributed by atoms with E-state index in [0.717, 1.165) is 53.1 Å². The van der Waals surface area contributed by atoms with Crippen LogP contribution in [0.3, 0.4) is 0 Å². The number of halogens is 3. The molecule has 3 aromatic heterocycles. The summed E-state index contributed by atoms with van der Waals surface area (Å²) >= 11 is 2.38. The SMILES string of the molecule is O=C(NCc1ccccc1)c1nnc(CCCCc2nnc(C(=O)NCc3cc(C(F)(F)F)ccn3)s2)s1. The van der Waals surface area contributed by atoms with Crippen molar-refractivity contribution in [1.82, 2.24) is 36.0 Å². The molecule has 4 aromatic rings. The van der Waals surface area contributed by atoms with E-state index in [1.54, 1.807) is 0 Å². The van der Waals surface area contributed by atoms with Crippen LogP contribution in [0.25, 0.3) is 0 Å². The molecular formula is C24H22F3N7O2S2. The number of hydrogen-bond acceptors (Lipinski definition) is 9. The zero-order valence-corrected chi connectivity index (χ0v) is 21.5. The Morgan fingerprint density at radius 2 is 1.37 bits per heavy atom. The summed E-state index contributed by atoms with van der Waals surface area (Å²) in [7, 11) is 0. The number of amides is 2. The fourth-order valence-corrected chi connectivity index (χ4v) is 4.89. The van der Waals surface area contributed by atoms with Gasteiger partial charge in [-0.3, -0.25) is 14.6 Å². The number of aryl methyl sites for hydroxylation is 2. The minimum atomic E-state index is -4.48. The monoisotopic (exact) mass is 561 g/mol. The molecule has 2 N–H and O–H groups in total. The molecule has 14 heteroatoms. The maximum Gasteiger partial charge on any atom is 0.416 e. The molecule has 0 fully saturated rings. The van der Waals surface area contributed by atoms with Gasteiger partial charge in [0.15, 0.2) is 0 Å². The number of nitrogens with one attached hydrogen (secondary N) is 2. The van der Waals surface area contributed by atoms with Gasteiger partial charge in [0, 0.05) is 25.6 Å². The van der Waals surface area contributed by atoms with Crippen LogP contribution in [0, 0.1) is 0 Å². The molecule has 198 valence electrons. The Balaban J connectivity index is 1.17. The molecule has 0 aliphatic rings. The molecule has 0 atom stereocenters. The van der Waals surface area contributed by atoms with Gasteiger partial charge >= 0.3 is 6.18 Å². The number of nitrogens with zero attached hydrogens (tertiary/aromatic N) is 5. The normalized spacial score (nSPS) is 11.3. The van der Waals surface area contributed by atoms with E-state index in [2.05, 4.69) is 36.0 Å². The third kappa shape index (κ3) is 7.86. The number of pyridine rings is 1. The minimum Gasteiger partial charge on any atom is -0.346 e. The maximum atomic E-state index is 12.8. The molecule has 0 bridgehead atoms. The largest absolute Gasteiger partial charge is 0.416 e. The van der Waals surface area contributed by atoms with Gasteiger partial charge < -0.3 is 10.6 Å². The molecule has 0 saturated heterocycles. The highest BCUT2D eigenvalue weighted by molar-refractivity contribution is 7.13. The predicted octanol–water partition coefficient (Wildman–Crippen LogP) is 4.23. The predicted molar refractivity (Wildman–Crippen MR) is 134 cm³/mol. The lowest BCUT2D eigenvalue weighted by atomic mass is 10.2. The summed E-state index contributed by atoms with van der Waals surface area (Å²) in [6.45, 7) is 0.254. The van der Waals surface area contributed by atoms with Crippen LogP contribution in [-0.4, -0.2) is 37.2 Å². The number of carbonyl (C=O) groups is 2. The Labute approximate surface area is 223 Å². The van der Waals surface area contributed by atoms with Gasteiger partial charge in [0.1, 0.15) is 10.0 Å². The standard InChI is InChI=1S/C24H22F3N7O2S2/c25-24(26,27)16-10-11-28-17(12-16)14-30-21(36)23-34-32-19(38-23)9-5-4-8-18-31-33-22(37-18)20(35)29-13-15-6-2-1-3-7-15/h1-3,6-7,10-12H,4-5,8-9,13-14H2,(H,29,35)(H,30,36). The Hall–Kier alpha value is -3.78. The summed E-state index contributed by atoms with van der Waals surface area (Å²) in [5, 5.41) is 23.2. The Morgan fingerprint density at radius 3 is 1.95 bits per heavy atom. The van der Waals surface area contributed by atoms with Gasteiger partial charge in [-0.2, -0.15) is 13.2 Å². The van der Waals surface area contributed by atoms with Crippen molar-refractivity contribution < 1.29 is 22.8 Å². The van der Waals surface area contributed by atoms with E-state index in [0.29, 0.717) is 29.4 Å². The van der Waals surface area contributed by atoms with Crippen LogP contribution < -0.4 is 10.6 Å². The molecule has 0 aliphatic heterocycles. The third-order valence-corrected chi connectivity index (χ3v) is 7.19. The zero-order chi connectivity index (χ0) is 27.0. The fourth-order valence-electron chi connectivity index (χ4n) is 3.30. The van der Waals surface area contributed by atoms with Crippen molar-refractivity contribution >= 4 is 34.5 Å².